The third-order valence-electron chi connectivity index (χ3n) is 12.7. The SMILES string of the molecule is CCCCCCCCCCCCCCN1C(=O)/C(=c2\s/c(=C\c3ccc4c(c3)C3CCCC3N4c3ccc(SCCCCCCCCCC)cc3)c(=O)n2CC(=O)O)SC1=S. The van der Waals surface area contributed by atoms with Crippen LogP contribution in [0, 0.1) is 0 Å². The van der Waals surface area contributed by atoms with E-state index in [0.717, 1.165) is 43.4 Å². The van der Waals surface area contributed by atoms with Crippen molar-refractivity contribution in [3.63, 3.8) is 0 Å². The number of nitrogens with zero attached hydrogens (tertiary/aromatic N) is 3. The lowest BCUT2D eigenvalue weighted by atomic mass is 9.96. The van der Waals surface area contributed by atoms with Gasteiger partial charge in [0.15, 0.2) is 0 Å². The van der Waals surface area contributed by atoms with Crippen molar-refractivity contribution < 1.29 is 14.7 Å². The van der Waals surface area contributed by atoms with E-state index < -0.39 is 18.1 Å². The topological polar surface area (TPSA) is 82.9 Å². The van der Waals surface area contributed by atoms with Gasteiger partial charge in [0.2, 0.25) is 0 Å². The fourth-order valence-corrected chi connectivity index (χ4v) is 12.9. The van der Waals surface area contributed by atoms with E-state index in [1.807, 2.05) is 17.8 Å². The van der Waals surface area contributed by atoms with Crippen molar-refractivity contribution in [2.75, 3.05) is 17.2 Å². The highest BCUT2D eigenvalue weighted by molar-refractivity contribution is 8.30. The molecule has 2 aromatic carbocycles. The molecule has 7 nitrogen and oxygen atoms in total. The lowest BCUT2D eigenvalue weighted by Crippen LogP contribution is -2.35. The van der Waals surface area contributed by atoms with Gasteiger partial charge in [0.1, 0.15) is 20.4 Å². The molecule has 2 unspecified atom stereocenters. The highest BCUT2D eigenvalue weighted by atomic mass is 32.2. The molecule has 1 N–H and O–H groups in total. The van der Waals surface area contributed by atoms with Crippen molar-refractivity contribution in [2.24, 2.45) is 0 Å². The summed E-state index contributed by atoms with van der Waals surface area (Å²) in [6.45, 7) is 4.55. The number of carboxylic acids is 1. The second kappa shape index (κ2) is 24.8. The third-order valence-corrected chi connectivity index (χ3v) is 16.5. The van der Waals surface area contributed by atoms with Crippen LogP contribution < -0.4 is 19.7 Å². The number of thiazole rings is 1. The maximum Gasteiger partial charge on any atom is 0.323 e. The van der Waals surface area contributed by atoms with Crippen LogP contribution in [-0.4, -0.2) is 49.1 Å². The number of amides is 1. The lowest BCUT2D eigenvalue weighted by molar-refractivity contribution is -0.137. The Bertz CT molecular complexity index is 2090. The fraction of sp³-hybridized carbons (Fsp3) is 0.600. The van der Waals surface area contributed by atoms with Gasteiger partial charge < -0.3 is 10.0 Å². The minimum atomic E-state index is -1.13. The van der Waals surface area contributed by atoms with Crippen LogP contribution in [0.4, 0.5) is 11.4 Å². The molecule has 0 bridgehead atoms. The minimum Gasteiger partial charge on any atom is -0.480 e. The summed E-state index contributed by atoms with van der Waals surface area (Å²) in [6, 6.07) is 16.0. The van der Waals surface area contributed by atoms with E-state index in [2.05, 4.69) is 61.2 Å². The number of benzene rings is 2. The van der Waals surface area contributed by atoms with E-state index in [1.165, 1.54) is 165 Å². The predicted octanol–water partition coefficient (Wildman–Crippen LogP) is 12.5. The average molecular weight is 904 g/mol. The highest BCUT2D eigenvalue weighted by Crippen LogP contribution is 2.52. The molecule has 3 heterocycles. The number of aromatic nitrogens is 1. The first-order valence-electron chi connectivity index (χ1n) is 23.7. The first-order chi connectivity index (χ1) is 29.8. The lowest BCUT2D eigenvalue weighted by Gasteiger charge is -2.27. The second-order valence-corrected chi connectivity index (χ2v) is 21.2. The highest BCUT2D eigenvalue weighted by Gasteiger charge is 2.42. The average Bonchev–Trinajstić information content (AvgIpc) is 4.00. The number of carboxylic acid groups (broad SMARTS) is 1. The molecule has 3 aliphatic rings. The molecule has 3 aromatic rings. The van der Waals surface area contributed by atoms with Crippen LogP contribution in [0.2, 0.25) is 0 Å². The van der Waals surface area contributed by atoms with Gasteiger partial charge in [-0.1, -0.05) is 166 Å². The maximum atomic E-state index is 13.9. The normalized spacial score (nSPS) is 18.5. The molecule has 2 aliphatic heterocycles. The fourth-order valence-electron chi connectivity index (χ4n) is 9.38. The molecule has 2 atom stereocenters. The van der Waals surface area contributed by atoms with Crippen LogP contribution >= 0.6 is 47.1 Å². The Morgan fingerprint density at radius 2 is 1.41 bits per heavy atom. The first kappa shape index (κ1) is 47.6. The van der Waals surface area contributed by atoms with Gasteiger partial charge in [0, 0.05) is 34.8 Å². The van der Waals surface area contributed by atoms with Crippen molar-refractivity contribution in [1.82, 2.24) is 9.47 Å². The second-order valence-electron chi connectivity index (χ2n) is 17.4. The molecule has 11 heteroatoms. The number of thioether (sulfide) groups is 2. The number of hydrogen-bond donors (Lipinski definition) is 1. The van der Waals surface area contributed by atoms with Crippen LogP contribution in [-0.2, 0) is 16.1 Å². The number of carbonyl (C=O) groups is 2. The molecule has 0 radical (unpaired) electrons. The summed E-state index contributed by atoms with van der Waals surface area (Å²) in [5.41, 5.74) is 4.28. The molecule has 1 amide bonds. The Labute approximate surface area is 382 Å². The molecule has 2 fully saturated rings. The summed E-state index contributed by atoms with van der Waals surface area (Å²) in [4.78, 5) is 45.5. The van der Waals surface area contributed by atoms with E-state index in [1.54, 1.807) is 4.90 Å². The number of hydrogen-bond acceptors (Lipinski definition) is 8. The van der Waals surface area contributed by atoms with E-state index >= 15 is 0 Å². The van der Waals surface area contributed by atoms with Gasteiger partial charge in [0.25, 0.3) is 11.5 Å². The third kappa shape index (κ3) is 13.1. The van der Waals surface area contributed by atoms with E-state index in [0.29, 0.717) is 36.9 Å². The monoisotopic (exact) mass is 903 g/mol. The number of carbonyl (C=O) groups excluding carboxylic acids is 1. The largest absolute Gasteiger partial charge is 0.480 e. The van der Waals surface area contributed by atoms with Gasteiger partial charge in [0.05, 0.1) is 4.53 Å². The number of rotatable bonds is 27. The van der Waals surface area contributed by atoms with Crippen molar-refractivity contribution in [3.8, 4) is 0 Å². The summed E-state index contributed by atoms with van der Waals surface area (Å²) in [5, 5.41) is 9.82. The summed E-state index contributed by atoms with van der Waals surface area (Å²) < 4.78 is 2.50. The van der Waals surface area contributed by atoms with Crippen LogP contribution in [0.25, 0.3) is 11.0 Å². The Kier molecular flexibility index (Phi) is 19.4. The van der Waals surface area contributed by atoms with Crippen LogP contribution in [0.5, 0.6) is 0 Å². The van der Waals surface area contributed by atoms with Gasteiger partial charge in [-0.2, -0.15) is 0 Å². The Morgan fingerprint density at radius 3 is 2.03 bits per heavy atom. The Balaban J connectivity index is 1.10. The molecular formula is C50H69N3O4S4. The molecule has 0 spiro atoms. The number of thiocarbonyl (C=S) groups is 1. The van der Waals surface area contributed by atoms with Crippen molar-refractivity contribution >= 4 is 85.6 Å². The quantitative estimate of drug-likeness (QED) is 0.0460. The molecule has 61 heavy (non-hydrogen) atoms. The summed E-state index contributed by atoms with van der Waals surface area (Å²) >= 11 is 10.0. The van der Waals surface area contributed by atoms with Crippen molar-refractivity contribution in [3.05, 3.63) is 73.1 Å². The van der Waals surface area contributed by atoms with Gasteiger partial charge in [-0.3, -0.25) is 23.9 Å². The Morgan fingerprint density at radius 1 is 0.803 bits per heavy atom. The summed E-state index contributed by atoms with van der Waals surface area (Å²) in [6.07, 6.45) is 30.9. The number of aliphatic carboxylic acids is 1. The molecule has 1 saturated heterocycles. The zero-order valence-electron chi connectivity index (χ0n) is 36.8. The van der Waals surface area contributed by atoms with E-state index in [9.17, 15) is 19.5 Å². The zero-order valence-corrected chi connectivity index (χ0v) is 40.1. The number of unbranched alkanes of at least 4 members (excludes halogenated alkanes) is 18. The minimum absolute atomic E-state index is 0.231. The van der Waals surface area contributed by atoms with Gasteiger partial charge in [-0.15, -0.1) is 23.1 Å². The summed E-state index contributed by atoms with van der Waals surface area (Å²) in [5.74, 6) is 0.226. The number of fused-ring (bicyclic) bond motifs is 3. The zero-order chi connectivity index (χ0) is 43.0. The molecule has 1 aromatic heterocycles. The Hall–Kier alpha value is -2.86. The predicted molar refractivity (Wildman–Crippen MR) is 264 cm³/mol. The standard InChI is InChI=1S/C50H69N3O4S4/c1-3-5-7-9-11-13-14-15-16-17-19-21-32-51-48(57)46(61-50(51)58)49-52(36-45(54)55)47(56)44(60-49)35-37-26-31-43-41(34-37)40-24-23-25-42(40)53(43)38-27-29-39(30-28-38)59-33-22-20-18-12-10-8-6-4-2/h26-31,34-35,40,42H,3-25,32-33,36H2,1-2H3,(H,54,55)/b44-35-,49-46+. The van der Waals surface area contributed by atoms with E-state index in [-0.39, 0.29) is 5.91 Å². The first-order valence-corrected chi connectivity index (χ1v) is 26.7. The smallest absolute Gasteiger partial charge is 0.323 e. The molecule has 6 rings (SSSR count). The van der Waals surface area contributed by atoms with Crippen LogP contribution in [0.3, 0.4) is 0 Å². The molecule has 1 aliphatic carbocycles. The van der Waals surface area contributed by atoms with Gasteiger partial charge in [-0.25, -0.2) is 0 Å². The van der Waals surface area contributed by atoms with Crippen molar-refractivity contribution in [2.45, 2.75) is 185 Å². The van der Waals surface area contributed by atoms with Gasteiger partial charge in [-0.05, 0) is 85.0 Å². The van der Waals surface area contributed by atoms with Gasteiger partial charge >= 0.3 is 5.97 Å². The van der Waals surface area contributed by atoms with Crippen molar-refractivity contribution in [1.29, 1.82) is 0 Å². The van der Waals surface area contributed by atoms with Crippen LogP contribution in [0.1, 0.15) is 179 Å². The molecule has 332 valence electrons. The number of anilines is 2. The van der Waals surface area contributed by atoms with E-state index in [4.69, 9.17) is 12.2 Å². The maximum absolute atomic E-state index is 13.9. The molecular weight excluding hydrogens is 835 g/mol. The van der Waals surface area contributed by atoms with Crippen LogP contribution in [0.15, 0.2) is 52.2 Å². The molecule has 1 saturated carbocycles. The summed E-state index contributed by atoms with van der Waals surface area (Å²) in [7, 11) is 0.